The molecule has 2 fully saturated rings. The van der Waals surface area contributed by atoms with Crippen molar-refractivity contribution >= 4 is 16.6 Å². The zero-order valence-electron chi connectivity index (χ0n) is 14.3. The summed E-state index contributed by atoms with van der Waals surface area (Å²) in [7, 11) is 0. The summed E-state index contributed by atoms with van der Waals surface area (Å²) in [5, 5.41) is 13.4. The molecule has 1 aromatic heterocycles. The molecule has 0 bridgehead atoms. The Labute approximate surface area is 146 Å². The van der Waals surface area contributed by atoms with Crippen LogP contribution in [0.3, 0.4) is 0 Å². The van der Waals surface area contributed by atoms with Crippen LogP contribution in [-0.4, -0.2) is 48.3 Å². The van der Waals surface area contributed by atoms with Gasteiger partial charge in [-0.2, -0.15) is 5.26 Å². The van der Waals surface area contributed by atoms with E-state index in [4.69, 9.17) is 4.74 Å². The molecule has 1 atom stereocenters. The summed E-state index contributed by atoms with van der Waals surface area (Å²) in [5.74, 6) is -0.321. The minimum atomic E-state index is -0.321. The molecule has 0 spiro atoms. The molecule has 1 aromatic carbocycles. The number of fused-ring (bicyclic) bond motifs is 1. The van der Waals surface area contributed by atoms with Gasteiger partial charge in [-0.25, -0.2) is 4.39 Å². The Morgan fingerprint density at radius 1 is 1.44 bits per heavy atom. The van der Waals surface area contributed by atoms with Crippen molar-refractivity contribution in [1.29, 1.82) is 5.26 Å². The van der Waals surface area contributed by atoms with Crippen LogP contribution in [0.25, 0.3) is 10.9 Å². The molecule has 2 aromatic rings. The first kappa shape index (κ1) is 16.2. The van der Waals surface area contributed by atoms with Gasteiger partial charge in [0.15, 0.2) is 0 Å². The van der Waals surface area contributed by atoms with Crippen LogP contribution >= 0.6 is 0 Å². The molecule has 25 heavy (non-hydrogen) atoms. The number of nitriles is 1. The Balaban J connectivity index is 1.58. The summed E-state index contributed by atoms with van der Waals surface area (Å²) < 4.78 is 19.7. The number of aryl methyl sites for hydroxylation is 1. The summed E-state index contributed by atoms with van der Waals surface area (Å²) in [6, 6.07) is 5.78. The maximum atomic E-state index is 13.9. The highest BCUT2D eigenvalue weighted by Gasteiger charge is 2.32. The average Bonchev–Trinajstić information content (AvgIpc) is 3.45. The number of nitrogens with one attached hydrogen (secondary N) is 1. The third-order valence-corrected chi connectivity index (χ3v) is 4.99. The molecular formula is C19H21FN4O. The number of nitrogens with zero attached hydrogens (tertiary/aromatic N) is 3. The number of halogens is 1. The molecule has 0 amide bonds. The van der Waals surface area contributed by atoms with Crippen molar-refractivity contribution < 1.29 is 9.13 Å². The Morgan fingerprint density at radius 2 is 2.28 bits per heavy atom. The van der Waals surface area contributed by atoms with Crippen LogP contribution in [-0.2, 0) is 4.74 Å². The molecule has 1 saturated heterocycles. The highest BCUT2D eigenvalue weighted by molar-refractivity contribution is 5.95. The third-order valence-electron chi connectivity index (χ3n) is 4.99. The minimum absolute atomic E-state index is 0.0683. The van der Waals surface area contributed by atoms with Gasteiger partial charge in [-0.15, -0.1) is 0 Å². The summed E-state index contributed by atoms with van der Waals surface area (Å²) in [6.45, 7) is 5.04. The van der Waals surface area contributed by atoms with E-state index in [0.29, 0.717) is 28.7 Å². The number of pyridine rings is 1. The molecule has 0 radical (unpaired) electrons. The Kier molecular flexibility index (Phi) is 4.28. The summed E-state index contributed by atoms with van der Waals surface area (Å²) in [4.78, 5) is 6.80. The van der Waals surface area contributed by atoms with E-state index in [1.807, 2.05) is 6.92 Å². The number of rotatable bonds is 4. The summed E-state index contributed by atoms with van der Waals surface area (Å²) >= 11 is 0. The molecule has 1 aliphatic heterocycles. The fraction of sp³-hybridized carbons (Fsp3) is 0.474. The predicted octanol–water partition coefficient (Wildman–Crippen LogP) is 2.83. The molecular weight excluding hydrogens is 319 g/mol. The van der Waals surface area contributed by atoms with Gasteiger partial charge in [0.05, 0.1) is 29.5 Å². The fourth-order valence-corrected chi connectivity index (χ4v) is 3.56. The molecule has 1 saturated carbocycles. The highest BCUT2D eigenvalue weighted by Crippen LogP contribution is 2.30. The van der Waals surface area contributed by atoms with Gasteiger partial charge in [-0.1, -0.05) is 0 Å². The van der Waals surface area contributed by atoms with Crippen LogP contribution in [0, 0.1) is 24.1 Å². The molecule has 2 heterocycles. The maximum absolute atomic E-state index is 13.9. The maximum Gasteiger partial charge on any atom is 0.124 e. The van der Waals surface area contributed by atoms with E-state index in [1.54, 1.807) is 6.20 Å². The van der Waals surface area contributed by atoms with Crippen molar-refractivity contribution in [2.24, 2.45) is 0 Å². The van der Waals surface area contributed by atoms with Crippen LogP contribution < -0.4 is 5.32 Å². The fourth-order valence-electron chi connectivity index (χ4n) is 3.56. The monoisotopic (exact) mass is 340 g/mol. The Morgan fingerprint density at radius 3 is 3.04 bits per heavy atom. The lowest BCUT2D eigenvalue weighted by Crippen LogP contribution is -2.46. The SMILES string of the molecule is Cc1cc(F)cc2c(NCC3CN(C4CC4)CCO3)c(C#N)cnc12. The lowest BCUT2D eigenvalue weighted by molar-refractivity contribution is -0.0241. The number of benzene rings is 1. The second-order valence-corrected chi connectivity index (χ2v) is 6.88. The number of anilines is 1. The van der Waals surface area contributed by atoms with Crippen molar-refractivity contribution in [3.63, 3.8) is 0 Å². The topological polar surface area (TPSA) is 61.2 Å². The molecule has 130 valence electrons. The largest absolute Gasteiger partial charge is 0.381 e. The second kappa shape index (κ2) is 6.58. The van der Waals surface area contributed by atoms with Crippen molar-refractivity contribution in [2.45, 2.75) is 31.9 Å². The third kappa shape index (κ3) is 3.30. The van der Waals surface area contributed by atoms with Crippen molar-refractivity contribution in [1.82, 2.24) is 9.88 Å². The molecule has 5 nitrogen and oxygen atoms in total. The van der Waals surface area contributed by atoms with Gasteiger partial charge in [0.25, 0.3) is 0 Å². The number of ether oxygens (including phenoxy) is 1. The summed E-state index contributed by atoms with van der Waals surface area (Å²) in [6.07, 6.45) is 4.19. The van der Waals surface area contributed by atoms with Gasteiger partial charge < -0.3 is 10.1 Å². The molecule has 1 N–H and O–H groups in total. The second-order valence-electron chi connectivity index (χ2n) is 6.88. The van der Waals surface area contributed by atoms with E-state index in [1.165, 1.54) is 25.0 Å². The molecule has 1 aliphatic carbocycles. The zero-order valence-corrected chi connectivity index (χ0v) is 14.3. The molecule has 1 unspecified atom stereocenters. The standard InChI is InChI=1S/C19H21FN4O/c1-12-6-14(20)7-17-18(12)22-9-13(8-21)19(17)23-10-16-11-24(4-5-25-16)15-2-3-15/h6-7,9,15-16H,2-5,10-11H2,1H3,(H,22,23). The first-order chi connectivity index (χ1) is 12.2. The minimum Gasteiger partial charge on any atom is -0.381 e. The van der Waals surface area contributed by atoms with Crippen molar-refractivity contribution in [3.8, 4) is 6.07 Å². The normalized spacial score (nSPS) is 21.2. The van der Waals surface area contributed by atoms with E-state index in [0.717, 1.165) is 31.3 Å². The molecule has 2 aliphatic rings. The van der Waals surface area contributed by atoms with E-state index < -0.39 is 0 Å². The first-order valence-corrected chi connectivity index (χ1v) is 8.74. The van der Waals surface area contributed by atoms with Gasteiger partial charge in [-0.3, -0.25) is 9.88 Å². The van der Waals surface area contributed by atoms with Gasteiger partial charge in [0.1, 0.15) is 11.9 Å². The van der Waals surface area contributed by atoms with Crippen molar-refractivity contribution in [3.05, 3.63) is 35.3 Å². The Hall–Kier alpha value is -2.23. The van der Waals surface area contributed by atoms with E-state index >= 15 is 0 Å². The zero-order chi connectivity index (χ0) is 17.4. The highest BCUT2D eigenvalue weighted by atomic mass is 19.1. The van der Waals surface area contributed by atoms with E-state index in [-0.39, 0.29) is 11.9 Å². The predicted molar refractivity (Wildman–Crippen MR) is 94.0 cm³/mol. The lowest BCUT2D eigenvalue weighted by Gasteiger charge is -2.33. The van der Waals surface area contributed by atoms with Crippen LogP contribution in [0.1, 0.15) is 24.0 Å². The smallest absolute Gasteiger partial charge is 0.124 e. The Bertz CT molecular complexity index is 843. The first-order valence-electron chi connectivity index (χ1n) is 8.74. The van der Waals surface area contributed by atoms with Crippen LogP contribution in [0.15, 0.2) is 18.3 Å². The van der Waals surface area contributed by atoms with Gasteiger partial charge in [0, 0.05) is 37.3 Å². The van der Waals surface area contributed by atoms with Crippen LogP contribution in [0.4, 0.5) is 10.1 Å². The average molecular weight is 340 g/mol. The number of aromatic nitrogens is 1. The molecule has 4 rings (SSSR count). The van der Waals surface area contributed by atoms with Crippen LogP contribution in [0.5, 0.6) is 0 Å². The number of hydrogen-bond donors (Lipinski definition) is 1. The quantitative estimate of drug-likeness (QED) is 0.927. The lowest BCUT2D eigenvalue weighted by atomic mass is 10.1. The van der Waals surface area contributed by atoms with E-state index in [2.05, 4.69) is 21.3 Å². The summed E-state index contributed by atoms with van der Waals surface area (Å²) in [5.41, 5.74) is 2.54. The number of morpholine rings is 1. The molecule has 6 heteroatoms. The van der Waals surface area contributed by atoms with Gasteiger partial charge >= 0.3 is 0 Å². The van der Waals surface area contributed by atoms with Gasteiger partial charge in [-0.05, 0) is 37.5 Å². The van der Waals surface area contributed by atoms with Gasteiger partial charge in [0.2, 0.25) is 0 Å². The van der Waals surface area contributed by atoms with E-state index in [9.17, 15) is 9.65 Å². The van der Waals surface area contributed by atoms with Crippen LogP contribution in [0.2, 0.25) is 0 Å². The van der Waals surface area contributed by atoms with Crippen molar-refractivity contribution in [2.75, 3.05) is 31.6 Å². The number of hydrogen-bond acceptors (Lipinski definition) is 5.